The number of nitrogens with zero attached hydrogens (tertiary/aromatic N) is 2. The molecule has 23 heavy (non-hydrogen) atoms. The van der Waals surface area contributed by atoms with Gasteiger partial charge in [0.2, 0.25) is 5.91 Å². The van der Waals surface area contributed by atoms with Crippen LogP contribution in [0.3, 0.4) is 0 Å². The Balaban J connectivity index is 1.45. The number of benzene rings is 1. The second kappa shape index (κ2) is 6.44. The van der Waals surface area contributed by atoms with Crippen molar-refractivity contribution in [2.24, 2.45) is 5.92 Å². The minimum Gasteiger partial charge on any atom is -0.342 e. The van der Waals surface area contributed by atoms with Crippen LogP contribution in [0, 0.1) is 5.92 Å². The first kappa shape index (κ1) is 14.9. The number of carbonyl (C=O) groups excluding carboxylic acids is 1. The maximum atomic E-state index is 12.6. The highest BCUT2D eigenvalue weighted by molar-refractivity contribution is 7.18. The van der Waals surface area contributed by atoms with Crippen LogP contribution in [0.5, 0.6) is 0 Å². The van der Waals surface area contributed by atoms with E-state index < -0.39 is 0 Å². The first-order valence-corrected chi connectivity index (χ1v) is 9.41. The van der Waals surface area contributed by atoms with E-state index in [9.17, 15) is 4.79 Å². The molecule has 2 heterocycles. The number of aromatic nitrogens is 1. The Kier molecular flexibility index (Phi) is 4.17. The Labute approximate surface area is 141 Å². The van der Waals surface area contributed by atoms with Gasteiger partial charge < -0.3 is 4.90 Å². The lowest BCUT2D eigenvalue weighted by Gasteiger charge is -2.32. The second-order valence-electron chi connectivity index (χ2n) is 6.67. The van der Waals surface area contributed by atoms with Gasteiger partial charge in [0.1, 0.15) is 0 Å². The van der Waals surface area contributed by atoms with E-state index in [0.717, 1.165) is 44.3 Å². The lowest BCUT2D eigenvalue weighted by molar-refractivity contribution is -0.133. The minimum atomic E-state index is 0.326. The van der Waals surface area contributed by atoms with E-state index in [1.807, 2.05) is 6.07 Å². The molecule has 0 saturated carbocycles. The highest BCUT2D eigenvalue weighted by atomic mass is 32.1. The van der Waals surface area contributed by atoms with Gasteiger partial charge in [0.05, 0.1) is 15.2 Å². The number of fused-ring (bicyclic) bond motifs is 1. The van der Waals surface area contributed by atoms with Gasteiger partial charge in [-0.15, -0.1) is 11.3 Å². The highest BCUT2D eigenvalue weighted by Crippen LogP contribution is 2.33. The van der Waals surface area contributed by atoms with Gasteiger partial charge in [-0.2, -0.15) is 0 Å². The van der Waals surface area contributed by atoms with E-state index in [1.54, 1.807) is 11.3 Å². The van der Waals surface area contributed by atoms with Crippen molar-refractivity contribution >= 4 is 27.5 Å². The predicted molar refractivity (Wildman–Crippen MR) is 94.7 cm³/mol. The van der Waals surface area contributed by atoms with E-state index in [4.69, 9.17) is 4.98 Å². The molecule has 3 nitrogen and oxygen atoms in total. The smallest absolute Gasteiger partial charge is 0.223 e. The summed E-state index contributed by atoms with van der Waals surface area (Å²) in [5.74, 6) is 1.20. The van der Waals surface area contributed by atoms with Gasteiger partial charge in [0, 0.05) is 25.4 Å². The molecule has 2 atom stereocenters. The van der Waals surface area contributed by atoms with Crippen LogP contribution in [-0.2, 0) is 4.79 Å². The topological polar surface area (TPSA) is 33.2 Å². The molecule has 1 aliphatic carbocycles. The van der Waals surface area contributed by atoms with Gasteiger partial charge in [-0.3, -0.25) is 4.79 Å². The number of hydrogen-bond donors (Lipinski definition) is 0. The molecule has 1 fully saturated rings. The number of amides is 1. The summed E-state index contributed by atoms with van der Waals surface area (Å²) < 4.78 is 1.25. The average molecular weight is 326 g/mol. The average Bonchev–Trinajstić information content (AvgIpc) is 3.24. The predicted octanol–water partition coefficient (Wildman–Crippen LogP) is 4.36. The lowest BCUT2D eigenvalue weighted by Crippen LogP contribution is -2.39. The summed E-state index contributed by atoms with van der Waals surface area (Å²) in [5.41, 5.74) is 1.09. The van der Waals surface area contributed by atoms with Crippen LogP contribution in [0.2, 0.25) is 0 Å². The Morgan fingerprint density at radius 2 is 2.22 bits per heavy atom. The molecule has 120 valence electrons. The number of carbonyl (C=O) groups is 1. The fourth-order valence-corrected chi connectivity index (χ4v) is 4.78. The van der Waals surface area contributed by atoms with Gasteiger partial charge in [-0.25, -0.2) is 4.98 Å². The zero-order valence-electron chi connectivity index (χ0n) is 13.3. The number of para-hydroxylation sites is 1. The maximum Gasteiger partial charge on any atom is 0.223 e. The van der Waals surface area contributed by atoms with E-state index in [2.05, 4.69) is 35.3 Å². The third-order valence-corrected chi connectivity index (χ3v) is 6.18. The summed E-state index contributed by atoms with van der Waals surface area (Å²) in [6.45, 7) is 1.76. The van der Waals surface area contributed by atoms with Crippen LogP contribution in [0.25, 0.3) is 10.2 Å². The number of piperidine rings is 1. The van der Waals surface area contributed by atoms with Crippen molar-refractivity contribution in [2.45, 2.75) is 38.0 Å². The second-order valence-corrected chi connectivity index (χ2v) is 7.73. The molecule has 4 rings (SSSR count). The third-order valence-electron chi connectivity index (χ3n) is 4.98. The fraction of sp³-hybridized carbons (Fsp3) is 0.474. The molecule has 0 N–H and O–H groups in total. The molecule has 0 bridgehead atoms. The molecule has 2 aliphatic rings. The molecular weight excluding hydrogens is 304 g/mol. The zero-order chi connectivity index (χ0) is 15.6. The van der Waals surface area contributed by atoms with Gasteiger partial charge in [0.15, 0.2) is 0 Å². The van der Waals surface area contributed by atoms with E-state index in [1.165, 1.54) is 9.71 Å². The van der Waals surface area contributed by atoms with Gasteiger partial charge in [0.25, 0.3) is 0 Å². The van der Waals surface area contributed by atoms with Crippen molar-refractivity contribution in [3.05, 3.63) is 41.4 Å². The largest absolute Gasteiger partial charge is 0.342 e. The summed E-state index contributed by atoms with van der Waals surface area (Å²) in [5, 5.41) is 1.20. The van der Waals surface area contributed by atoms with Crippen LogP contribution < -0.4 is 0 Å². The van der Waals surface area contributed by atoms with Crippen LogP contribution in [-0.4, -0.2) is 28.9 Å². The van der Waals surface area contributed by atoms with Crippen molar-refractivity contribution in [3.8, 4) is 0 Å². The Hall–Kier alpha value is -1.68. The summed E-state index contributed by atoms with van der Waals surface area (Å²) in [7, 11) is 0. The molecule has 0 radical (unpaired) electrons. The normalized spacial score (nSPS) is 24.4. The quantitative estimate of drug-likeness (QED) is 0.785. The molecule has 1 aromatic carbocycles. The molecule has 1 saturated heterocycles. The molecule has 2 aromatic rings. The van der Waals surface area contributed by atoms with Gasteiger partial charge in [-0.1, -0.05) is 24.3 Å². The van der Waals surface area contributed by atoms with Crippen molar-refractivity contribution in [1.29, 1.82) is 0 Å². The van der Waals surface area contributed by atoms with Crippen molar-refractivity contribution < 1.29 is 4.79 Å². The first-order chi connectivity index (χ1) is 11.3. The number of likely N-dealkylation sites (tertiary alicyclic amines) is 1. The number of thiazole rings is 1. The van der Waals surface area contributed by atoms with Crippen molar-refractivity contribution in [1.82, 2.24) is 9.88 Å². The lowest BCUT2D eigenvalue weighted by atomic mass is 9.97. The SMILES string of the molecule is O=C(C[C@H]1C=CCC1)N1CCC[C@@H](c2nc3ccccc3s2)C1. The Morgan fingerprint density at radius 1 is 1.30 bits per heavy atom. The Bertz CT molecular complexity index is 703. The van der Waals surface area contributed by atoms with E-state index >= 15 is 0 Å². The molecule has 1 aliphatic heterocycles. The van der Waals surface area contributed by atoms with E-state index in [0.29, 0.717) is 24.2 Å². The molecule has 1 amide bonds. The summed E-state index contributed by atoms with van der Waals surface area (Å²) >= 11 is 1.79. The number of rotatable bonds is 3. The first-order valence-electron chi connectivity index (χ1n) is 8.59. The van der Waals surface area contributed by atoms with E-state index in [-0.39, 0.29) is 0 Å². The molecule has 1 aromatic heterocycles. The van der Waals surface area contributed by atoms with Gasteiger partial charge in [-0.05, 0) is 43.7 Å². The summed E-state index contributed by atoms with van der Waals surface area (Å²) in [4.78, 5) is 19.5. The van der Waals surface area contributed by atoms with Gasteiger partial charge >= 0.3 is 0 Å². The molecule has 4 heteroatoms. The van der Waals surface area contributed by atoms with Crippen LogP contribution in [0.15, 0.2) is 36.4 Å². The summed E-state index contributed by atoms with van der Waals surface area (Å²) in [6, 6.07) is 8.32. The fourth-order valence-electron chi connectivity index (χ4n) is 3.69. The highest BCUT2D eigenvalue weighted by Gasteiger charge is 2.28. The molecular formula is C19H22N2OS. The monoisotopic (exact) mass is 326 g/mol. The van der Waals surface area contributed by atoms with Crippen LogP contribution in [0.4, 0.5) is 0 Å². The van der Waals surface area contributed by atoms with Crippen LogP contribution in [0.1, 0.15) is 43.0 Å². The number of allylic oxidation sites excluding steroid dienone is 2. The maximum absolute atomic E-state index is 12.6. The standard InChI is InChI=1S/C19H22N2OS/c22-18(12-14-6-1-2-7-14)21-11-5-8-15(13-21)19-20-16-9-3-4-10-17(16)23-19/h1,3-4,6,9-10,14-15H,2,5,7-8,11-13H2/t14-,15+/m0/s1. The number of hydrogen-bond acceptors (Lipinski definition) is 3. The molecule has 0 unspecified atom stereocenters. The summed E-state index contributed by atoms with van der Waals surface area (Å²) in [6.07, 6.45) is 9.61. The zero-order valence-corrected chi connectivity index (χ0v) is 14.1. The van der Waals surface area contributed by atoms with Crippen molar-refractivity contribution in [3.63, 3.8) is 0 Å². The van der Waals surface area contributed by atoms with Crippen molar-refractivity contribution in [2.75, 3.05) is 13.1 Å². The van der Waals surface area contributed by atoms with Crippen LogP contribution >= 0.6 is 11.3 Å². The molecule has 0 spiro atoms. The third kappa shape index (κ3) is 3.18. The Morgan fingerprint density at radius 3 is 3.04 bits per heavy atom. The minimum absolute atomic E-state index is 0.326.